The summed E-state index contributed by atoms with van der Waals surface area (Å²) in [6, 6.07) is 14.9. The molecule has 1 aliphatic rings. The van der Waals surface area contributed by atoms with Crippen molar-refractivity contribution in [3.63, 3.8) is 0 Å². The van der Waals surface area contributed by atoms with E-state index in [9.17, 15) is 9.59 Å². The number of carbonyl (C=O) groups excluding carboxylic acids is 2. The zero-order chi connectivity index (χ0) is 21.1. The van der Waals surface area contributed by atoms with E-state index in [0.29, 0.717) is 29.1 Å². The van der Waals surface area contributed by atoms with Gasteiger partial charge in [0, 0.05) is 32.0 Å². The Balaban J connectivity index is 2.01. The van der Waals surface area contributed by atoms with Crippen LogP contribution in [0.4, 0.5) is 11.4 Å². The summed E-state index contributed by atoms with van der Waals surface area (Å²) in [5, 5.41) is 3.19. The first-order valence-electron chi connectivity index (χ1n) is 9.61. The summed E-state index contributed by atoms with van der Waals surface area (Å²) < 4.78 is 5.21. The van der Waals surface area contributed by atoms with Crippen LogP contribution in [0.5, 0.6) is 5.75 Å². The molecule has 1 heterocycles. The molecule has 0 fully saturated rings. The largest absolute Gasteiger partial charge is 0.497 e. The van der Waals surface area contributed by atoms with Crippen LogP contribution in [0, 0.1) is 5.92 Å². The molecule has 0 atom stereocenters. The van der Waals surface area contributed by atoms with Gasteiger partial charge >= 0.3 is 0 Å². The van der Waals surface area contributed by atoms with E-state index in [1.165, 1.54) is 4.90 Å². The molecule has 152 valence electrons. The summed E-state index contributed by atoms with van der Waals surface area (Å²) in [6.45, 7) is 4.35. The Hall–Kier alpha value is -3.28. The Morgan fingerprint density at radius 1 is 0.966 bits per heavy atom. The van der Waals surface area contributed by atoms with Gasteiger partial charge in [-0.1, -0.05) is 26.0 Å². The van der Waals surface area contributed by atoms with E-state index in [2.05, 4.69) is 5.32 Å². The summed E-state index contributed by atoms with van der Waals surface area (Å²) in [5.41, 5.74) is 3.18. The normalized spacial score (nSPS) is 14.1. The monoisotopic (exact) mass is 393 g/mol. The molecule has 0 saturated heterocycles. The molecule has 0 aromatic heterocycles. The molecular formula is C23H27N3O3. The molecule has 6 nitrogen and oxygen atoms in total. The fourth-order valence-corrected chi connectivity index (χ4v) is 3.24. The maximum absolute atomic E-state index is 13.1. The van der Waals surface area contributed by atoms with Gasteiger partial charge in [0.25, 0.3) is 11.8 Å². The van der Waals surface area contributed by atoms with E-state index in [0.717, 1.165) is 11.4 Å². The third kappa shape index (κ3) is 4.26. The first-order chi connectivity index (χ1) is 13.8. The predicted octanol–water partition coefficient (Wildman–Crippen LogP) is 3.61. The third-order valence-corrected chi connectivity index (χ3v) is 4.75. The van der Waals surface area contributed by atoms with Gasteiger partial charge in [-0.3, -0.25) is 14.5 Å². The lowest BCUT2D eigenvalue weighted by Gasteiger charge is -2.17. The molecule has 0 bridgehead atoms. The van der Waals surface area contributed by atoms with Crippen LogP contribution in [-0.4, -0.2) is 44.5 Å². The van der Waals surface area contributed by atoms with Gasteiger partial charge in [-0.15, -0.1) is 0 Å². The lowest BCUT2D eigenvalue weighted by molar-refractivity contribution is -0.137. The number of imide groups is 1. The van der Waals surface area contributed by atoms with Crippen LogP contribution in [0.2, 0.25) is 0 Å². The SMILES string of the molecule is COc1ccc(C2=C(Nc3ccc(N(C)C)cc3)C(=O)N(CC(C)C)C2=O)cc1. The van der Waals surface area contributed by atoms with Crippen molar-refractivity contribution in [1.82, 2.24) is 4.90 Å². The standard InChI is InChI=1S/C23H27N3O3/c1-15(2)14-26-22(27)20(16-6-12-19(29-5)13-7-16)21(23(26)28)24-17-8-10-18(11-9-17)25(3)4/h6-13,15,24H,14H2,1-5H3. The van der Waals surface area contributed by atoms with E-state index in [4.69, 9.17) is 4.74 Å². The van der Waals surface area contributed by atoms with Crippen LogP contribution in [0.15, 0.2) is 54.2 Å². The number of rotatable bonds is 7. The zero-order valence-electron chi connectivity index (χ0n) is 17.5. The fraction of sp³-hybridized carbons (Fsp3) is 0.304. The third-order valence-electron chi connectivity index (χ3n) is 4.75. The second-order valence-electron chi connectivity index (χ2n) is 7.66. The van der Waals surface area contributed by atoms with Crippen LogP contribution in [-0.2, 0) is 9.59 Å². The average molecular weight is 393 g/mol. The first-order valence-corrected chi connectivity index (χ1v) is 9.61. The average Bonchev–Trinajstić information content (AvgIpc) is 2.92. The molecule has 2 aromatic rings. The molecule has 0 aliphatic carbocycles. The lowest BCUT2D eigenvalue weighted by atomic mass is 10.0. The van der Waals surface area contributed by atoms with Crippen molar-refractivity contribution >= 4 is 28.8 Å². The molecule has 1 N–H and O–H groups in total. The van der Waals surface area contributed by atoms with E-state index in [1.54, 1.807) is 31.4 Å². The number of nitrogens with zero attached hydrogens (tertiary/aromatic N) is 2. The summed E-state index contributed by atoms with van der Waals surface area (Å²) in [7, 11) is 5.53. The van der Waals surface area contributed by atoms with E-state index < -0.39 is 0 Å². The maximum atomic E-state index is 13.1. The van der Waals surface area contributed by atoms with Crippen LogP contribution >= 0.6 is 0 Å². The number of carbonyl (C=O) groups is 2. The number of hydrogen-bond donors (Lipinski definition) is 1. The van der Waals surface area contributed by atoms with E-state index in [-0.39, 0.29) is 17.7 Å². The Bertz CT molecular complexity index is 929. The minimum Gasteiger partial charge on any atom is -0.497 e. The number of hydrogen-bond acceptors (Lipinski definition) is 5. The van der Waals surface area contributed by atoms with Crippen LogP contribution in [0.1, 0.15) is 19.4 Å². The van der Waals surface area contributed by atoms with Gasteiger partial charge in [0.1, 0.15) is 11.4 Å². The smallest absolute Gasteiger partial charge is 0.278 e. The topological polar surface area (TPSA) is 61.9 Å². The van der Waals surface area contributed by atoms with Crippen LogP contribution < -0.4 is 15.0 Å². The van der Waals surface area contributed by atoms with Crippen LogP contribution in [0.3, 0.4) is 0 Å². The molecule has 3 rings (SSSR count). The van der Waals surface area contributed by atoms with Crippen molar-refractivity contribution in [2.75, 3.05) is 38.0 Å². The Kier molecular flexibility index (Phi) is 5.92. The zero-order valence-corrected chi connectivity index (χ0v) is 17.5. The highest BCUT2D eigenvalue weighted by Crippen LogP contribution is 2.32. The predicted molar refractivity (Wildman–Crippen MR) is 116 cm³/mol. The number of benzene rings is 2. The second kappa shape index (κ2) is 8.39. The molecule has 0 saturated carbocycles. The van der Waals surface area contributed by atoms with E-state index >= 15 is 0 Å². The van der Waals surface area contributed by atoms with Gasteiger partial charge in [0.05, 0.1) is 12.7 Å². The highest BCUT2D eigenvalue weighted by atomic mass is 16.5. The van der Waals surface area contributed by atoms with Crippen molar-refractivity contribution < 1.29 is 14.3 Å². The highest BCUT2D eigenvalue weighted by molar-refractivity contribution is 6.36. The summed E-state index contributed by atoms with van der Waals surface area (Å²) in [4.78, 5) is 29.5. The number of amides is 2. The molecule has 1 aliphatic heterocycles. The highest BCUT2D eigenvalue weighted by Gasteiger charge is 2.39. The van der Waals surface area contributed by atoms with Gasteiger partial charge in [0.2, 0.25) is 0 Å². The van der Waals surface area contributed by atoms with Crippen molar-refractivity contribution in [1.29, 1.82) is 0 Å². The van der Waals surface area contributed by atoms with E-state index in [1.807, 2.05) is 57.1 Å². The van der Waals surface area contributed by atoms with Crippen molar-refractivity contribution in [3.8, 4) is 5.75 Å². The lowest BCUT2D eigenvalue weighted by Crippen LogP contribution is -2.35. The minimum atomic E-state index is -0.300. The Labute approximate surface area is 171 Å². The maximum Gasteiger partial charge on any atom is 0.278 e. The number of methoxy groups -OCH3 is 1. The van der Waals surface area contributed by atoms with Crippen LogP contribution in [0.25, 0.3) is 5.57 Å². The van der Waals surface area contributed by atoms with Crippen molar-refractivity contribution in [3.05, 3.63) is 59.8 Å². The van der Waals surface area contributed by atoms with Gasteiger partial charge in [-0.2, -0.15) is 0 Å². The van der Waals surface area contributed by atoms with Gasteiger partial charge in [-0.05, 0) is 47.9 Å². The second-order valence-corrected chi connectivity index (χ2v) is 7.66. The Morgan fingerprint density at radius 2 is 1.59 bits per heavy atom. The number of nitrogens with one attached hydrogen (secondary N) is 1. The van der Waals surface area contributed by atoms with Crippen molar-refractivity contribution in [2.45, 2.75) is 13.8 Å². The van der Waals surface area contributed by atoms with Crippen molar-refractivity contribution in [2.24, 2.45) is 5.92 Å². The fourth-order valence-electron chi connectivity index (χ4n) is 3.24. The molecule has 0 unspecified atom stereocenters. The molecule has 2 aromatic carbocycles. The van der Waals surface area contributed by atoms with Gasteiger partial charge in [0.15, 0.2) is 0 Å². The number of ether oxygens (including phenoxy) is 1. The van der Waals surface area contributed by atoms with Gasteiger partial charge in [-0.25, -0.2) is 0 Å². The molecule has 6 heteroatoms. The quantitative estimate of drug-likeness (QED) is 0.728. The first kappa shape index (κ1) is 20.5. The molecule has 29 heavy (non-hydrogen) atoms. The summed E-state index contributed by atoms with van der Waals surface area (Å²) in [5.74, 6) is 0.296. The summed E-state index contributed by atoms with van der Waals surface area (Å²) in [6.07, 6.45) is 0. The molecule has 0 spiro atoms. The van der Waals surface area contributed by atoms with Gasteiger partial charge < -0.3 is 15.0 Å². The molecular weight excluding hydrogens is 366 g/mol. The molecule has 0 radical (unpaired) electrons. The number of anilines is 2. The minimum absolute atomic E-state index is 0.179. The molecule has 2 amide bonds. The Morgan fingerprint density at radius 3 is 2.10 bits per heavy atom. The summed E-state index contributed by atoms with van der Waals surface area (Å²) >= 11 is 0.